The summed E-state index contributed by atoms with van der Waals surface area (Å²) in [5.74, 6) is 67.4. The Bertz CT molecular complexity index is 2990. The Morgan fingerprint density at radius 1 is 0.284 bits per heavy atom. The van der Waals surface area contributed by atoms with E-state index in [4.69, 9.17) is 47.4 Å². The summed E-state index contributed by atoms with van der Waals surface area (Å²) in [4.78, 5) is 73.7. The topological polar surface area (TPSA) is 180 Å². The molecule has 0 aromatic rings. The lowest BCUT2D eigenvalue weighted by molar-refractivity contribution is -0.120. The second-order valence-corrected chi connectivity index (χ2v) is 22.7. The molecule has 0 heterocycles. The van der Waals surface area contributed by atoms with Gasteiger partial charge in [0.05, 0.1) is 0 Å². The summed E-state index contributed by atoms with van der Waals surface area (Å²) in [6.45, 7) is 42.3. The number of carbonyl (C=O) groups is 7. The maximum Gasteiger partial charge on any atom is 0.133 e. The highest BCUT2D eigenvalue weighted by Crippen LogP contribution is 2.08. The van der Waals surface area contributed by atoms with Crippen LogP contribution in [-0.2, 0) is 33.6 Å². The minimum atomic E-state index is -0.167. The molecule has 0 saturated heterocycles. The lowest BCUT2D eigenvalue weighted by atomic mass is 10.0. The Balaban J connectivity index is -0.0000000564. The normalized spacial score (nSPS) is 7.14. The van der Waals surface area contributed by atoms with Crippen molar-refractivity contribution in [3.63, 3.8) is 0 Å². The Hall–Kier alpha value is -9.47. The molecule has 0 aromatic carbocycles. The van der Waals surface area contributed by atoms with Crippen LogP contribution in [0, 0.1) is 198 Å². The summed E-state index contributed by atoms with van der Waals surface area (Å²) < 4.78 is 0. The van der Waals surface area contributed by atoms with E-state index in [9.17, 15) is 33.6 Å². The van der Waals surface area contributed by atoms with E-state index in [0.29, 0.717) is 41.4 Å². The van der Waals surface area contributed by atoms with E-state index in [2.05, 4.69) is 222 Å². The van der Waals surface area contributed by atoms with Crippen molar-refractivity contribution < 1.29 is 48.9 Å². The van der Waals surface area contributed by atoms with Crippen LogP contribution < -0.4 is 0 Å². The number of unbranched alkanes of at least 4 members (excludes halogenated alkanes) is 11. The molecule has 0 aliphatic heterocycles. The van der Waals surface area contributed by atoms with Crippen LogP contribution in [0.4, 0.5) is 0 Å². The first-order valence-electron chi connectivity index (χ1n) is 37.5. The molecule has 10 nitrogen and oxygen atoms in total. The Morgan fingerprint density at radius 3 is 0.633 bits per heavy atom. The SMILES string of the molecule is C.C.C.C#CC#CC.C#CC#CC#CC#CC.C#CC#CC#CC#CC#C.C#CC#CC#CC#CC#CC.CC(C)=O.CC(C)O.CCCC(=O)CCC.CCCC(C)=O.CCCCCC(=O)CC(C)C.CCCCCC(=O)CCC.CCCCCC(=O)CCCCC.CCCCCC(C)=O.CCCCO.CCO. The molecule has 0 rings (SSSR count). The maximum atomic E-state index is 11.2. The molecule has 0 aliphatic rings. The van der Waals surface area contributed by atoms with E-state index in [0.717, 1.165) is 135 Å². The molecular formula is C99H154O10. The largest absolute Gasteiger partial charge is 0.397 e. The maximum absolute atomic E-state index is 11.2. The van der Waals surface area contributed by atoms with Crippen LogP contribution in [-0.4, -0.2) is 75.1 Å². The van der Waals surface area contributed by atoms with Gasteiger partial charge in [-0.15, -0.1) is 32.1 Å². The summed E-state index contributed by atoms with van der Waals surface area (Å²) in [6.07, 6.45) is 55.2. The first-order valence-corrected chi connectivity index (χ1v) is 37.5. The Morgan fingerprint density at radius 2 is 0.477 bits per heavy atom. The van der Waals surface area contributed by atoms with Crippen LogP contribution >= 0.6 is 0 Å². The van der Waals surface area contributed by atoms with Crippen LogP contribution in [0.15, 0.2) is 0 Å². The van der Waals surface area contributed by atoms with Crippen molar-refractivity contribution in [2.24, 2.45) is 5.92 Å². The van der Waals surface area contributed by atoms with Gasteiger partial charge in [-0.25, -0.2) is 0 Å². The molecule has 0 unspecified atom stereocenters. The van der Waals surface area contributed by atoms with E-state index in [1.54, 1.807) is 55.4 Å². The average molecular weight is 1500 g/mol. The first-order chi connectivity index (χ1) is 50.6. The van der Waals surface area contributed by atoms with Crippen LogP contribution in [0.25, 0.3) is 0 Å². The van der Waals surface area contributed by atoms with Gasteiger partial charge >= 0.3 is 0 Å². The zero-order valence-electron chi connectivity index (χ0n) is 70.6. The van der Waals surface area contributed by atoms with Crippen molar-refractivity contribution in [2.75, 3.05) is 13.2 Å². The number of hydrogen-bond donors (Lipinski definition) is 3. The molecular weight excluding hydrogens is 1350 g/mol. The fraction of sp³-hybridized carbons (Fsp3) is 0.606. The predicted octanol–water partition coefficient (Wildman–Crippen LogP) is 21.4. The molecule has 3 N–H and O–H groups in total. The molecule has 0 aliphatic carbocycles. The number of hydrogen-bond acceptors (Lipinski definition) is 10. The van der Waals surface area contributed by atoms with Gasteiger partial charge in [0.15, 0.2) is 0 Å². The van der Waals surface area contributed by atoms with Crippen molar-refractivity contribution in [1.82, 2.24) is 0 Å². The summed E-state index contributed by atoms with van der Waals surface area (Å²) in [5, 5.41) is 23.7. The van der Waals surface area contributed by atoms with Crippen molar-refractivity contribution in [2.45, 2.75) is 380 Å². The molecule has 0 spiro atoms. The highest BCUT2D eigenvalue weighted by atomic mass is 16.3. The van der Waals surface area contributed by atoms with Gasteiger partial charge in [-0.1, -0.05) is 194 Å². The molecule has 0 atom stereocenters. The third-order valence-electron chi connectivity index (χ3n) is 10.4. The zero-order chi connectivity index (χ0) is 84.6. The molecule has 0 amide bonds. The van der Waals surface area contributed by atoms with E-state index in [-0.39, 0.29) is 46.6 Å². The number of terminal acetylenes is 5. The minimum Gasteiger partial charge on any atom is -0.397 e. The van der Waals surface area contributed by atoms with Gasteiger partial charge in [0, 0.05) is 83.5 Å². The van der Waals surface area contributed by atoms with Gasteiger partial charge in [0.2, 0.25) is 0 Å². The Labute approximate surface area is 676 Å². The molecule has 0 bridgehead atoms. The fourth-order valence-corrected chi connectivity index (χ4v) is 5.91. The zero-order valence-corrected chi connectivity index (χ0v) is 70.6. The van der Waals surface area contributed by atoms with Gasteiger partial charge in [0.1, 0.15) is 40.5 Å². The standard InChI is InChI=1S/C11H22O.C11H4.C10H20O.C10H2.C9H18O.C9H4.2C7H14O.C5H10O.C5H4.C4H10O.C3H8O.C3H6O.C2H6O.3CH4/c1-3-5-7-9-11(12)10-8-6-4-2;1-3-5-7-9-11-10-8-6-4-2;1-4-5-6-7-10(11)8-9(2)3;1-3-5-7-9-10-8-6-4-2;1-3-5-6-8-9(10)7-4-2;1-3-5-7-9-8-6-4-2;1-3-4-5-6-7(2)8;1-3-5-7(8)6-4-2;1-3-4-5(2)6;1-3-5-4-2;1-2-3-4-5;2*1-3(2)4;1-2-3;;;/h3-10H2,1-2H3;1H,2H3;9H,4-8H2,1-3H3;1-2H;3-8H2,1-2H3;1H,2H3;2*3-6H2,1-2H3;3-4H2,1-2H3;1H,2H3;5H,2-4H2,1H3;3-4H,1-2H3;1-2H3;3H,2H2,1H3;3*1H4. The monoisotopic (exact) mass is 1500 g/mol. The Kier molecular flexibility index (Phi) is 203. The predicted molar refractivity (Wildman–Crippen MR) is 477 cm³/mol. The summed E-state index contributed by atoms with van der Waals surface area (Å²) in [7, 11) is 0. The summed E-state index contributed by atoms with van der Waals surface area (Å²) in [6, 6.07) is 0. The van der Waals surface area contributed by atoms with Crippen molar-refractivity contribution in [3.8, 4) is 192 Å². The van der Waals surface area contributed by atoms with E-state index in [1.807, 2.05) is 20.8 Å². The number of rotatable bonds is 32. The van der Waals surface area contributed by atoms with Crippen molar-refractivity contribution >= 4 is 40.5 Å². The molecule has 10 heteroatoms. The molecule has 109 heavy (non-hydrogen) atoms. The highest BCUT2D eigenvalue weighted by Gasteiger charge is 2.04. The van der Waals surface area contributed by atoms with E-state index < -0.39 is 0 Å². The average Bonchev–Trinajstić information content (AvgIpc) is 1.21. The molecule has 0 radical (unpaired) electrons. The fourth-order valence-electron chi connectivity index (χ4n) is 5.91. The van der Waals surface area contributed by atoms with Crippen molar-refractivity contribution in [1.29, 1.82) is 0 Å². The summed E-state index contributed by atoms with van der Waals surface area (Å²) in [5.41, 5.74) is 0. The van der Waals surface area contributed by atoms with Gasteiger partial charge in [-0.2, -0.15) is 0 Å². The van der Waals surface area contributed by atoms with Gasteiger partial charge in [-0.05, 0) is 281 Å². The van der Waals surface area contributed by atoms with Crippen LogP contribution in [0.5, 0.6) is 0 Å². The first kappa shape index (κ1) is 142. The number of aliphatic hydroxyl groups is 3. The smallest absolute Gasteiger partial charge is 0.133 e. The van der Waals surface area contributed by atoms with Gasteiger partial charge < -0.3 is 29.7 Å². The second-order valence-electron chi connectivity index (χ2n) is 22.7. The third kappa shape index (κ3) is 287. The molecule has 0 fully saturated rings. The van der Waals surface area contributed by atoms with E-state index >= 15 is 0 Å². The third-order valence-corrected chi connectivity index (χ3v) is 10.4. The number of carbonyl (C=O) groups excluding carboxylic acids is 7. The van der Waals surface area contributed by atoms with Crippen LogP contribution in [0.3, 0.4) is 0 Å². The quantitative estimate of drug-likeness (QED) is 0.0433. The summed E-state index contributed by atoms with van der Waals surface area (Å²) >= 11 is 0. The van der Waals surface area contributed by atoms with E-state index in [1.165, 1.54) is 78.1 Å². The number of ketones is 7. The lowest BCUT2D eigenvalue weighted by Gasteiger charge is -2.02. The lowest BCUT2D eigenvalue weighted by Crippen LogP contribution is -2.01. The minimum absolute atomic E-state index is 0. The van der Waals surface area contributed by atoms with Gasteiger partial charge in [-0.3, -0.25) is 19.2 Å². The highest BCUT2D eigenvalue weighted by molar-refractivity contribution is 5.79. The molecule has 0 saturated carbocycles. The van der Waals surface area contributed by atoms with Crippen LogP contribution in [0.1, 0.15) is 374 Å². The number of Topliss-reactive ketones (excluding diaryl/α,β-unsaturated/α-hetero) is 7. The number of aliphatic hydroxyl groups excluding tert-OH is 3. The van der Waals surface area contributed by atoms with Crippen LogP contribution in [0.2, 0.25) is 0 Å². The van der Waals surface area contributed by atoms with Crippen molar-refractivity contribution in [3.05, 3.63) is 0 Å². The second kappa shape index (κ2) is 156. The molecule has 610 valence electrons. The van der Waals surface area contributed by atoms with Gasteiger partial charge in [0.25, 0.3) is 0 Å². The molecule has 0 aromatic heterocycles.